The first kappa shape index (κ1) is 35.2. The van der Waals surface area contributed by atoms with Crippen molar-refractivity contribution >= 4 is 21.6 Å². The fourth-order valence-electron chi connectivity index (χ4n) is 5.68. The maximum Gasteiger partial charge on any atom is 0.242 e. The van der Waals surface area contributed by atoms with Crippen molar-refractivity contribution in [2.24, 2.45) is 0 Å². The van der Waals surface area contributed by atoms with E-state index in [0.29, 0.717) is 30.8 Å². The average Bonchev–Trinajstić information content (AvgIpc) is 3.08. The predicted molar refractivity (Wildman–Crippen MR) is 187 cm³/mol. The molecule has 1 aliphatic heterocycles. The number of amides is 1. The van der Waals surface area contributed by atoms with E-state index in [4.69, 9.17) is 9.47 Å². The standard InChI is InChI=1S/C38H43N3O6S/c1-4-21-41(3)25-33-24-36(30-17-15-29(26-42)16-18-30)47-38(46-33)31-11-8-12-32(23-31)39-37(43)35(22-28-9-6-5-7-10-28)40-48(44,45)34-19-13-27(2)14-20-34/h4-20,23,33,35-36,38,40,42H,1,21-22,24-26H2,2-3H3,(H,39,43)/t33-,35-,36+,38+/m1/s1. The number of likely N-dealkylation sites (N-methyl/N-ethyl adjacent to an activating group) is 1. The van der Waals surface area contributed by atoms with E-state index in [9.17, 15) is 18.3 Å². The number of carbonyl (C=O) groups is 1. The molecule has 1 fully saturated rings. The molecule has 0 unspecified atom stereocenters. The molecule has 48 heavy (non-hydrogen) atoms. The van der Waals surface area contributed by atoms with Gasteiger partial charge in [0.15, 0.2) is 6.29 Å². The Morgan fingerprint density at radius 1 is 0.958 bits per heavy atom. The molecule has 0 aromatic heterocycles. The highest BCUT2D eigenvalue weighted by Crippen LogP contribution is 2.38. The number of hydrogen-bond acceptors (Lipinski definition) is 7. The molecule has 252 valence electrons. The van der Waals surface area contributed by atoms with Crippen LogP contribution in [0.15, 0.2) is 121 Å². The van der Waals surface area contributed by atoms with Crippen LogP contribution < -0.4 is 10.0 Å². The molecular formula is C38H43N3O6S. The SMILES string of the molecule is C=CCN(C)C[C@H]1C[C@@H](c2ccc(CO)cc2)O[C@@H](c2cccc(NC(=O)[C@@H](Cc3ccccc3)NS(=O)(=O)c3ccc(C)cc3)c2)O1. The summed E-state index contributed by atoms with van der Waals surface area (Å²) in [5.74, 6) is -0.497. The molecule has 10 heteroatoms. The monoisotopic (exact) mass is 669 g/mol. The Balaban J connectivity index is 1.37. The van der Waals surface area contributed by atoms with Crippen LogP contribution in [0, 0.1) is 6.92 Å². The largest absolute Gasteiger partial charge is 0.392 e. The lowest BCUT2D eigenvalue weighted by atomic mass is 9.99. The van der Waals surface area contributed by atoms with Crippen LogP contribution in [0.25, 0.3) is 0 Å². The van der Waals surface area contributed by atoms with Crippen LogP contribution in [-0.4, -0.2) is 56.6 Å². The minimum absolute atomic E-state index is 0.0371. The Kier molecular flexibility index (Phi) is 11.9. The maximum absolute atomic E-state index is 13.8. The third kappa shape index (κ3) is 9.47. The molecule has 0 bridgehead atoms. The van der Waals surface area contributed by atoms with Crippen LogP contribution in [0.2, 0.25) is 0 Å². The number of aliphatic hydroxyl groups excluding tert-OH is 1. The summed E-state index contributed by atoms with van der Waals surface area (Å²) in [5.41, 5.74) is 4.73. The number of anilines is 1. The highest BCUT2D eigenvalue weighted by molar-refractivity contribution is 7.89. The van der Waals surface area contributed by atoms with Crippen LogP contribution in [-0.2, 0) is 37.3 Å². The van der Waals surface area contributed by atoms with Crippen molar-refractivity contribution < 1.29 is 27.8 Å². The van der Waals surface area contributed by atoms with E-state index in [1.807, 2.05) is 80.7 Å². The number of aryl methyl sites for hydroxylation is 1. The molecule has 1 heterocycles. The number of rotatable bonds is 14. The summed E-state index contributed by atoms with van der Waals surface area (Å²) in [5, 5.41) is 12.4. The second-order valence-corrected chi connectivity index (χ2v) is 13.9. The maximum atomic E-state index is 13.8. The van der Waals surface area contributed by atoms with Gasteiger partial charge in [0.05, 0.1) is 23.7 Å². The van der Waals surface area contributed by atoms with Crippen LogP contribution in [0.4, 0.5) is 5.69 Å². The number of benzene rings is 4. The van der Waals surface area contributed by atoms with E-state index in [0.717, 1.165) is 22.3 Å². The van der Waals surface area contributed by atoms with Crippen molar-refractivity contribution in [3.63, 3.8) is 0 Å². The molecule has 0 radical (unpaired) electrons. The number of nitrogens with zero attached hydrogens (tertiary/aromatic N) is 1. The highest BCUT2D eigenvalue weighted by Gasteiger charge is 2.33. The number of sulfonamides is 1. The normalized spacial score (nSPS) is 18.7. The molecule has 9 nitrogen and oxygen atoms in total. The summed E-state index contributed by atoms with van der Waals surface area (Å²) in [6, 6.07) is 29.6. The van der Waals surface area contributed by atoms with E-state index < -0.39 is 28.3 Å². The van der Waals surface area contributed by atoms with Crippen LogP contribution in [0.3, 0.4) is 0 Å². The lowest BCUT2D eigenvalue weighted by Gasteiger charge is -2.37. The molecule has 4 aromatic rings. The molecule has 1 saturated heterocycles. The zero-order valence-corrected chi connectivity index (χ0v) is 28.1. The average molecular weight is 670 g/mol. The van der Waals surface area contributed by atoms with E-state index in [1.165, 1.54) is 12.1 Å². The number of hydrogen-bond donors (Lipinski definition) is 3. The third-order valence-electron chi connectivity index (χ3n) is 8.23. The summed E-state index contributed by atoms with van der Waals surface area (Å²) in [6.07, 6.45) is 1.50. The van der Waals surface area contributed by atoms with Crippen LogP contribution in [0.1, 0.15) is 46.6 Å². The van der Waals surface area contributed by atoms with Crippen molar-refractivity contribution in [2.75, 3.05) is 25.5 Å². The van der Waals surface area contributed by atoms with Gasteiger partial charge < -0.3 is 24.8 Å². The second kappa shape index (κ2) is 16.3. The summed E-state index contributed by atoms with van der Waals surface area (Å²) < 4.78 is 42.3. The van der Waals surface area contributed by atoms with Gasteiger partial charge in [-0.2, -0.15) is 4.72 Å². The van der Waals surface area contributed by atoms with E-state index in [-0.39, 0.29) is 30.1 Å². The minimum Gasteiger partial charge on any atom is -0.392 e. The predicted octanol–water partition coefficient (Wildman–Crippen LogP) is 5.68. The van der Waals surface area contributed by atoms with Gasteiger partial charge in [0, 0.05) is 30.8 Å². The first-order valence-electron chi connectivity index (χ1n) is 16.0. The quantitative estimate of drug-likeness (QED) is 0.148. The summed E-state index contributed by atoms with van der Waals surface area (Å²) in [6.45, 7) is 7.06. The van der Waals surface area contributed by atoms with E-state index >= 15 is 0 Å². The molecule has 4 aromatic carbocycles. The Bertz CT molecular complexity index is 1760. The van der Waals surface area contributed by atoms with Gasteiger partial charge in [-0.25, -0.2) is 8.42 Å². The Morgan fingerprint density at radius 3 is 2.38 bits per heavy atom. The molecular weight excluding hydrogens is 627 g/mol. The Morgan fingerprint density at radius 2 is 1.69 bits per heavy atom. The van der Waals surface area contributed by atoms with Crippen molar-refractivity contribution in [3.8, 4) is 0 Å². The molecule has 1 amide bonds. The molecule has 0 saturated carbocycles. The van der Waals surface area contributed by atoms with Gasteiger partial charge in [-0.05, 0) is 61.3 Å². The second-order valence-electron chi connectivity index (χ2n) is 12.2. The van der Waals surface area contributed by atoms with Crippen molar-refractivity contribution in [2.45, 2.75) is 55.8 Å². The number of aliphatic hydroxyl groups is 1. The van der Waals surface area contributed by atoms with Gasteiger partial charge in [0.1, 0.15) is 6.04 Å². The van der Waals surface area contributed by atoms with E-state index in [1.54, 1.807) is 30.3 Å². The Hall–Kier alpha value is -4.16. The van der Waals surface area contributed by atoms with Crippen molar-refractivity contribution in [1.82, 2.24) is 9.62 Å². The fourth-order valence-corrected chi connectivity index (χ4v) is 6.87. The number of ether oxygens (including phenoxy) is 2. The first-order valence-corrected chi connectivity index (χ1v) is 17.5. The van der Waals surface area contributed by atoms with Crippen LogP contribution in [0.5, 0.6) is 0 Å². The third-order valence-corrected chi connectivity index (χ3v) is 9.71. The lowest BCUT2D eigenvalue weighted by Crippen LogP contribution is -2.45. The molecule has 5 rings (SSSR count). The molecule has 0 spiro atoms. The van der Waals surface area contributed by atoms with Crippen LogP contribution >= 0.6 is 0 Å². The van der Waals surface area contributed by atoms with Gasteiger partial charge in [-0.1, -0.05) is 90.5 Å². The van der Waals surface area contributed by atoms with Gasteiger partial charge in [-0.3, -0.25) is 4.79 Å². The minimum atomic E-state index is -3.99. The van der Waals surface area contributed by atoms with Gasteiger partial charge in [0.2, 0.25) is 15.9 Å². The van der Waals surface area contributed by atoms with Crippen molar-refractivity contribution in [1.29, 1.82) is 0 Å². The molecule has 0 aliphatic carbocycles. The highest BCUT2D eigenvalue weighted by atomic mass is 32.2. The zero-order chi connectivity index (χ0) is 34.1. The van der Waals surface area contributed by atoms with Gasteiger partial charge in [-0.15, -0.1) is 6.58 Å². The lowest BCUT2D eigenvalue weighted by molar-refractivity contribution is -0.252. The number of nitrogens with one attached hydrogen (secondary N) is 2. The van der Waals surface area contributed by atoms with Gasteiger partial charge in [0.25, 0.3) is 0 Å². The molecule has 3 N–H and O–H groups in total. The summed E-state index contributed by atoms with van der Waals surface area (Å²) >= 11 is 0. The molecule has 4 atom stereocenters. The number of carbonyl (C=O) groups excluding carboxylic acids is 1. The van der Waals surface area contributed by atoms with Crippen molar-refractivity contribution in [3.05, 3.63) is 144 Å². The first-order chi connectivity index (χ1) is 23.1. The molecule has 1 aliphatic rings. The Labute approximate surface area is 283 Å². The summed E-state index contributed by atoms with van der Waals surface area (Å²) in [4.78, 5) is 16.0. The topological polar surface area (TPSA) is 117 Å². The zero-order valence-electron chi connectivity index (χ0n) is 27.3. The summed E-state index contributed by atoms with van der Waals surface area (Å²) in [7, 11) is -1.98. The van der Waals surface area contributed by atoms with Gasteiger partial charge >= 0.3 is 0 Å². The van der Waals surface area contributed by atoms with E-state index in [2.05, 4.69) is 21.5 Å². The smallest absolute Gasteiger partial charge is 0.242 e. The fraction of sp³-hybridized carbons (Fsp3) is 0.289.